The molecule has 3 fully saturated rings. The average Bonchev–Trinajstić information content (AvgIpc) is 3.55. The predicted molar refractivity (Wildman–Crippen MR) is 164 cm³/mol. The van der Waals surface area contributed by atoms with E-state index in [2.05, 4.69) is 4.90 Å². The minimum Gasteiger partial charge on any atom is -0.343 e. The number of carbonyl (C=O) groups excluding carboxylic acids is 4. The maximum absolute atomic E-state index is 13.7. The molecule has 2 unspecified atom stereocenters. The van der Waals surface area contributed by atoms with E-state index in [0.29, 0.717) is 60.5 Å². The first-order chi connectivity index (χ1) is 20.1. The van der Waals surface area contributed by atoms with E-state index < -0.39 is 0 Å². The molecule has 5 rings (SSSR count). The molecule has 8 nitrogen and oxygen atoms in total. The molecule has 0 radical (unpaired) electrons. The summed E-state index contributed by atoms with van der Waals surface area (Å²) in [6.45, 7) is 11.2. The average molecular weight is 593 g/mol. The Morgan fingerprint density at radius 1 is 0.857 bits per heavy atom. The molecule has 3 aliphatic heterocycles. The van der Waals surface area contributed by atoms with E-state index in [9.17, 15) is 19.2 Å². The number of benzene rings is 2. The second kappa shape index (κ2) is 13.0. The number of piperidine rings is 1. The van der Waals surface area contributed by atoms with Gasteiger partial charge in [-0.15, -0.1) is 0 Å². The van der Waals surface area contributed by atoms with Crippen LogP contribution >= 0.6 is 11.6 Å². The fourth-order valence-corrected chi connectivity index (χ4v) is 6.87. The summed E-state index contributed by atoms with van der Waals surface area (Å²) in [6, 6.07) is 12.8. The molecule has 0 bridgehead atoms. The lowest BCUT2D eigenvalue weighted by molar-refractivity contribution is -0.133. The van der Waals surface area contributed by atoms with Crippen LogP contribution in [0.1, 0.15) is 59.4 Å². The fourth-order valence-electron chi connectivity index (χ4n) is 6.70. The topological polar surface area (TPSA) is 81.2 Å². The van der Waals surface area contributed by atoms with E-state index >= 15 is 0 Å². The third-order valence-electron chi connectivity index (χ3n) is 9.27. The van der Waals surface area contributed by atoms with Crippen molar-refractivity contribution < 1.29 is 19.2 Å². The van der Waals surface area contributed by atoms with Gasteiger partial charge in [-0.05, 0) is 81.3 Å². The zero-order valence-electron chi connectivity index (χ0n) is 24.9. The van der Waals surface area contributed by atoms with E-state index in [1.165, 1.54) is 6.92 Å². The van der Waals surface area contributed by atoms with Gasteiger partial charge in [-0.25, -0.2) is 0 Å². The number of amides is 3. The van der Waals surface area contributed by atoms with E-state index in [0.717, 1.165) is 50.4 Å². The number of Topliss-reactive ketones (excluding diaryl/α,β-unsaturated/α-hetero) is 1. The molecule has 0 saturated carbocycles. The minimum absolute atomic E-state index is 0.00469. The van der Waals surface area contributed by atoms with Crippen molar-refractivity contribution in [2.45, 2.75) is 40.0 Å². The lowest BCUT2D eigenvalue weighted by Gasteiger charge is -2.34. The molecule has 42 heavy (non-hydrogen) atoms. The van der Waals surface area contributed by atoms with Crippen LogP contribution in [-0.2, 0) is 9.59 Å². The van der Waals surface area contributed by atoms with Crippen molar-refractivity contribution in [1.82, 2.24) is 14.7 Å². The summed E-state index contributed by atoms with van der Waals surface area (Å²) in [6.07, 6.45) is 2.20. The monoisotopic (exact) mass is 592 g/mol. The highest BCUT2D eigenvalue weighted by molar-refractivity contribution is 6.31. The summed E-state index contributed by atoms with van der Waals surface area (Å²) in [5.74, 6) is 1.00. The van der Waals surface area contributed by atoms with E-state index in [1.54, 1.807) is 31.2 Å². The standard InChI is InChI=1S/C33H41ClN4O4/c1-22-5-10-30(17-31(22)34)38(33(42)27-11-15-36(16-12-27)24(3)40)14-4-13-35-18-28-20-37(21-29(28)19-35)32(41)26-8-6-25(7-9-26)23(2)39/h5-10,17,27-29H,4,11-16,18-21H2,1-3H3. The number of halogens is 1. The normalized spacial score (nSPS) is 21.0. The van der Waals surface area contributed by atoms with Crippen LogP contribution in [0.2, 0.25) is 5.02 Å². The number of rotatable bonds is 8. The summed E-state index contributed by atoms with van der Waals surface area (Å²) < 4.78 is 0. The summed E-state index contributed by atoms with van der Waals surface area (Å²) in [4.78, 5) is 58.3. The highest BCUT2D eigenvalue weighted by Crippen LogP contribution is 2.33. The van der Waals surface area contributed by atoms with Crippen molar-refractivity contribution in [3.05, 3.63) is 64.2 Å². The van der Waals surface area contributed by atoms with Crippen LogP contribution in [0.15, 0.2) is 42.5 Å². The molecular formula is C33H41ClN4O4. The van der Waals surface area contributed by atoms with Gasteiger partial charge in [0.1, 0.15) is 0 Å². The number of carbonyl (C=O) groups is 4. The maximum Gasteiger partial charge on any atom is 0.253 e. The Balaban J connectivity index is 1.15. The van der Waals surface area contributed by atoms with Gasteiger partial charge in [-0.2, -0.15) is 0 Å². The molecule has 0 aliphatic carbocycles. The molecule has 9 heteroatoms. The Kier molecular flexibility index (Phi) is 9.33. The van der Waals surface area contributed by atoms with Gasteiger partial charge in [0.2, 0.25) is 11.8 Å². The summed E-state index contributed by atoms with van der Waals surface area (Å²) in [7, 11) is 0. The van der Waals surface area contributed by atoms with E-state index in [-0.39, 0.29) is 29.4 Å². The van der Waals surface area contributed by atoms with Crippen molar-refractivity contribution >= 4 is 40.8 Å². The van der Waals surface area contributed by atoms with Crippen molar-refractivity contribution in [1.29, 1.82) is 0 Å². The molecule has 3 aliphatic rings. The van der Waals surface area contributed by atoms with Crippen LogP contribution in [0.25, 0.3) is 0 Å². The predicted octanol–water partition coefficient (Wildman–Crippen LogP) is 4.54. The van der Waals surface area contributed by atoms with Gasteiger partial charge in [-0.1, -0.05) is 29.8 Å². The Labute approximate surface area is 253 Å². The molecule has 2 aromatic carbocycles. The number of hydrogen-bond donors (Lipinski definition) is 0. The number of aryl methyl sites for hydroxylation is 1. The number of hydrogen-bond acceptors (Lipinski definition) is 5. The third-order valence-corrected chi connectivity index (χ3v) is 9.67. The highest BCUT2D eigenvalue weighted by atomic mass is 35.5. The SMILES string of the molecule is CC(=O)c1ccc(C(=O)N2CC3CN(CCCN(C(=O)C4CCN(C(C)=O)CC4)c4ccc(C)c(Cl)c4)CC3C2)cc1. The minimum atomic E-state index is -0.103. The number of nitrogens with zero attached hydrogens (tertiary/aromatic N) is 4. The van der Waals surface area contributed by atoms with Gasteiger partial charge < -0.3 is 19.6 Å². The van der Waals surface area contributed by atoms with E-state index in [1.807, 2.05) is 39.8 Å². The van der Waals surface area contributed by atoms with Gasteiger partial charge in [0.05, 0.1) is 0 Å². The van der Waals surface area contributed by atoms with Crippen LogP contribution in [0, 0.1) is 24.7 Å². The molecule has 3 saturated heterocycles. The zero-order valence-corrected chi connectivity index (χ0v) is 25.6. The Hall–Kier alpha value is -3.23. The lowest BCUT2D eigenvalue weighted by Crippen LogP contribution is -2.44. The second-order valence-corrected chi connectivity index (χ2v) is 12.6. The first-order valence-corrected chi connectivity index (χ1v) is 15.4. The quantitative estimate of drug-likeness (QED) is 0.421. The summed E-state index contributed by atoms with van der Waals surface area (Å²) >= 11 is 6.46. The van der Waals surface area contributed by atoms with Crippen LogP contribution < -0.4 is 4.90 Å². The molecule has 3 heterocycles. The van der Waals surface area contributed by atoms with Crippen molar-refractivity contribution in [2.24, 2.45) is 17.8 Å². The molecule has 0 spiro atoms. The number of ketones is 1. The molecule has 2 aromatic rings. The lowest BCUT2D eigenvalue weighted by atomic mass is 9.94. The smallest absolute Gasteiger partial charge is 0.253 e. The zero-order chi connectivity index (χ0) is 30.0. The summed E-state index contributed by atoms with van der Waals surface area (Å²) in [5, 5.41) is 0.651. The molecule has 0 aromatic heterocycles. The Bertz CT molecular complexity index is 1320. The maximum atomic E-state index is 13.7. The first kappa shape index (κ1) is 30.2. The van der Waals surface area contributed by atoms with Crippen LogP contribution in [0.5, 0.6) is 0 Å². The third kappa shape index (κ3) is 6.70. The molecule has 0 N–H and O–H groups in total. The van der Waals surface area contributed by atoms with Crippen molar-refractivity contribution in [3.8, 4) is 0 Å². The second-order valence-electron chi connectivity index (χ2n) is 12.2. The number of anilines is 1. The fraction of sp³-hybridized carbons (Fsp3) is 0.515. The van der Waals surface area contributed by atoms with Crippen molar-refractivity contribution in [2.75, 3.05) is 57.3 Å². The molecule has 2 atom stereocenters. The largest absolute Gasteiger partial charge is 0.343 e. The number of fused-ring (bicyclic) bond motifs is 1. The highest BCUT2D eigenvalue weighted by Gasteiger charge is 2.41. The van der Waals surface area contributed by atoms with Gasteiger partial charge in [0, 0.05) is 80.5 Å². The Morgan fingerprint density at radius 3 is 2.05 bits per heavy atom. The Morgan fingerprint density at radius 2 is 1.48 bits per heavy atom. The van der Waals surface area contributed by atoms with E-state index in [4.69, 9.17) is 11.6 Å². The first-order valence-electron chi connectivity index (χ1n) is 15.1. The van der Waals surface area contributed by atoms with Gasteiger partial charge in [0.15, 0.2) is 5.78 Å². The van der Waals surface area contributed by atoms with Crippen LogP contribution in [0.4, 0.5) is 5.69 Å². The molecule has 3 amide bonds. The summed E-state index contributed by atoms with van der Waals surface area (Å²) in [5.41, 5.74) is 3.05. The molecule has 224 valence electrons. The van der Waals surface area contributed by atoms with Crippen molar-refractivity contribution in [3.63, 3.8) is 0 Å². The van der Waals surface area contributed by atoms with Crippen LogP contribution in [-0.4, -0.2) is 90.6 Å². The van der Waals surface area contributed by atoms with Crippen LogP contribution in [0.3, 0.4) is 0 Å². The van der Waals surface area contributed by atoms with Gasteiger partial charge in [-0.3, -0.25) is 19.2 Å². The van der Waals surface area contributed by atoms with Gasteiger partial charge >= 0.3 is 0 Å². The molecular weight excluding hydrogens is 552 g/mol. The number of likely N-dealkylation sites (tertiary alicyclic amines) is 3. The van der Waals surface area contributed by atoms with Gasteiger partial charge in [0.25, 0.3) is 5.91 Å².